The van der Waals surface area contributed by atoms with E-state index in [9.17, 15) is 4.79 Å². The van der Waals surface area contributed by atoms with Gasteiger partial charge in [-0.25, -0.2) is 0 Å². The Morgan fingerprint density at radius 1 is 1.50 bits per heavy atom. The fourth-order valence-electron chi connectivity index (χ4n) is 2.80. The van der Waals surface area contributed by atoms with E-state index in [2.05, 4.69) is 32.7 Å². The third-order valence-electron chi connectivity index (χ3n) is 3.80. The molecule has 0 saturated heterocycles. The first kappa shape index (κ1) is 14.0. The smallest absolute Gasteiger partial charge is 0.306 e. The molecule has 1 heterocycles. The van der Waals surface area contributed by atoms with Crippen molar-refractivity contribution < 1.29 is 9.90 Å². The molecule has 0 spiro atoms. The molecule has 1 aliphatic rings. The predicted octanol–water partition coefficient (Wildman–Crippen LogP) is 3.66. The number of rotatable bonds is 4. The Kier molecular flexibility index (Phi) is 4.81. The molecule has 100 valence electrons. The number of thiophene rings is 1. The van der Waals surface area contributed by atoms with Crippen molar-refractivity contribution in [3.8, 4) is 0 Å². The first-order valence-electron chi connectivity index (χ1n) is 6.25. The zero-order valence-electron chi connectivity index (χ0n) is 10.4. The first-order valence-corrected chi connectivity index (χ1v) is 7.93. The van der Waals surface area contributed by atoms with Crippen molar-refractivity contribution in [2.75, 3.05) is 7.05 Å². The number of hydrogen-bond donors (Lipinski definition) is 2. The average Bonchev–Trinajstić information content (AvgIpc) is 2.77. The Hall–Kier alpha value is -0.390. The van der Waals surface area contributed by atoms with E-state index in [4.69, 9.17) is 5.11 Å². The van der Waals surface area contributed by atoms with E-state index in [1.807, 2.05) is 7.05 Å². The molecular formula is C13H18BrNO2S. The molecule has 2 N–H and O–H groups in total. The van der Waals surface area contributed by atoms with Crippen LogP contribution in [-0.2, 0) is 4.79 Å². The number of aliphatic carboxylic acids is 1. The Labute approximate surface area is 120 Å². The van der Waals surface area contributed by atoms with Crippen molar-refractivity contribution in [1.29, 1.82) is 0 Å². The molecule has 1 aliphatic carbocycles. The summed E-state index contributed by atoms with van der Waals surface area (Å²) in [4.78, 5) is 12.3. The minimum atomic E-state index is -0.631. The number of carboxylic acid groups (broad SMARTS) is 1. The van der Waals surface area contributed by atoms with Gasteiger partial charge in [-0.15, -0.1) is 11.3 Å². The molecule has 1 unspecified atom stereocenters. The number of nitrogens with one attached hydrogen (secondary N) is 1. The highest BCUT2D eigenvalue weighted by molar-refractivity contribution is 9.10. The lowest BCUT2D eigenvalue weighted by Gasteiger charge is -2.31. The summed E-state index contributed by atoms with van der Waals surface area (Å²) in [5.74, 6) is -0.210. The molecule has 0 bridgehead atoms. The minimum Gasteiger partial charge on any atom is -0.481 e. The van der Waals surface area contributed by atoms with Gasteiger partial charge in [0.25, 0.3) is 0 Å². The maximum absolute atomic E-state index is 11.0. The summed E-state index contributed by atoms with van der Waals surface area (Å²) in [5, 5.41) is 14.5. The van der Waals surface area contributed by atoms with Crippen molar-refractivity contribution in [3.05, 3.63) is 20.8 Å². The van der Waals surface area contributed by atoms with Crippen LogP contribution in [0.1, 0.15) is 36.6 Å². The molecular weight excluding hydrogens is 314 g/mol. The molecule has 3 nitrogen and oxygen atoms in total. The molecule has 1 aromatic heterocycles. The summed E-state index contributed by atoms with van der Waals surface area (Å²) in [6, 6.07) is 2.52. The molecule has 1 fully saturated rings. The molecule has 5 heteroatoms. The Morgan fingerprint density at radius 2 is 2.17 bits per heavy atom. The highest BCUT2D eigenvalue weighted by atomic mass is 79.9. The maximum Gasteiger partial charge on any atom is 0.306 e. The van der Waals surface area contributed by atoms with Gasteiger partial charge in [-0.05, 0) is 60.6 Å². The van der Waals surface area contributed by atoms with Crippen LogP contribution in [0, 0.1) is 11.8 Å². The number of carbonyl (C=O) groups is 1. The van der Waals surface area contributed by atoms with Gasteiger partial charge >= 0.3 is 5.97 Å². The van der Waals surface area contributed by atoms with Crippen molar-refractivity contribution in [2.24, 2.45) is 11.8 Å². The summed E-state index contributed by atoms with van der Waals surface area (Å²) >= 11 is 5.24. The zero-order chi connectivity index (χ0) is 13.1. The predicted molar refractivity (Wildman–Crippen MR) is 76.9 cm³/mol. The molecule has 0 aliphatic heterocycles. The van der Waals surface area contributed by atoms with Gasteiger partial charge in [-0.2, -0.15) is 0 Å². The summed E-state index contributed by atoms with van der Waals surface area (Å²) in [6.45, 7) is 0. The van der Waals surface area contributed by atoms with E-state index in [-0.39, 0.29) is 5.92 Å². The molecule has 0 amide bonds. The van der Waals surface area contributed by atoms with Crippen LogP contribution in [-0.4, -0.2) is 18.1 Å². The van der Waals surface area contributed by atoms with E-state index in [0.29, 0.717) is 12.0 Å². The Bertz CT molecular complexity index is 413. The van der Waals surface area contributed by atoms with E-state index in [1.54, 1.807) is 11.3 Å². The molecule has 2 rings (SSSR count). The lowest BCUT2D eigenvalue weighted by Crippen LogP contribution is -2.30. The van der Waals surface area contributed by atoms with Gasteiger partial charge in [0.2, 0.25) is 0 Å². The molecule has 18 heavy (non-hydrogen) atoms. The first-order chi connectivity index (χ1) is 8.61. The normalized spacial score (nSPS) is 25.9. The van der Waals surface area contributed by atoms with Crippen LogP contribution in [0.2, 0.25) is 0 Å². The standard InChI is InChI=1S/C13H18BrNO2S/c1-15-12(11-6-10(14)7-18-11)8-2-4-9(5-3-8)13(16)17/h6-9,12,15H,2-5H2,1H3,(H,16,17). The lowest BCUT2D eigenvalue weighted by molar-refractivity contribution is -0.143. The van der Waals surface area contributed by atoms with Gasteiger partial charge in [0, 0.05) is 20.8 Å². The Balaban J connectivity index is 2.00. The summed E-state index contributed by atoms with van der Waals surface area (Å²) in [7, 11) is 1.99. The van der Waals surface area contributed by atoms with Crippen molar-refractivity contribution >= 4 is 33.2 Å². The second kappa shape index (κ2) is 6.17. The maximum atomic E-state index is 11.0. The monoisotopic (exact) mass is 331 g/mol. The van der Waals surface area contributed by atoms with Gasteiger partial charge in [0.1, 0.15) is 0 Å². The van der Waals surface area contributed by atoms with E-state index < -0.39 is 5.97 Å². The molecule has 0 radical (unpaired) electrons. The molecule has 1 atom stereocenters. The van der Waals surface area contributed by atoms with Gasteiger partial charge in [-0.1, -0.05) is 0 Å². The van der Waals surface area contributed by atoms with Crippen LogP contribution in [0.25, 0.3) is 0 Å². The fourth-order valence-corrected chi connectivity index (χ4v) is 4.45. The third-order valence-corrected chi connectivity index (χ3v) is 5.57. The quantitative estimate of drug-likeness (QED) is 0.885. The van der Waals surface area contributed by atoms with E-state index in [1.165, 1.54) is 4.88 Å². The van der Waals surface area contributed by atoms with Crippen LogP contribution in [0.15, 0.2) is 15.9 Å². The molecule has 1 saturated carbocycles. The largest absolute Gasteiger partial charge is 0.481 e. The summed E-state index contributed by atoms with van der Waals surface area (Å²) < 4.78 is 1.13. The minimum absolute atomic E-state index is 0.131. The number of hydrogen-bond acceptors (Lipinski definition) is 3. The average molecular weight is 332 g/mol. The summed E-state index contributed by atoms with van der Waals surface area (Å²) in [5.41, 5.74) is 0. The number of carboxylic acids is 1. The lowest BCUT2D eigenvalue weighted by atomic mass is 9.78. The molecule has 0 aromatic carbocycles. The zero-order valence-corrected chi connectivity index (χ0v) is 12.8. The van der Waals surface area contributed by atoms with Gasteiger partial charge < -0.3 is 10.4 Å². The topological polar surface area (TPSA) is 49.3 Å². The van der Waals surface area contributed by atoms with Crippen molar-refractivity contribution in [1.82, 2.24) is 5.32 Å². The van der Waals surface area contributed by atoms with Crippen LogP contribution < -0.4 is 5.32 Å². The second-order valence-corrected chi connectivity index (χ2v) is 6.74. The van der Waals surface area contributed by atoms with Gasteiger partial charge in [0.05, 0.1) is 5.92 Å². The van der Waals surface area contributed by atoms with Gasteiger partial charge in [-0.3, -0.25) is 4.79 Å². The van der Waals surface area contributed by atoms with Crippen LogP contribution in [0.5, 0.6) is 0 Å². The van der Waals surface area contributed by atoms with Crippen molar-refractivity contribution in [3.63, 3.8) is 0 Å². The molecule has 1 aromatic rings. The van der Waals surface area contributed by atoms with Crippen LogP contribution in [0.3, 0.4) is 0 Å². The highest BCUT2D eigenvalue weighted by Gasteiger charge is 2.31. The Morgan fingerprint density at radius 3 is 2.61 bits per heavy atom. The number of halogens is 1. The van der Waals surface area contributed by atoms with E-state index in [0.717, 1.165) is 30.2 Å². The highest BCUT2D eigenvalue weighted by Crippen LogP contribution is 2.39. The van der Waals surface area contributed by atoms with Gasteiger partial charge in [0.15, 0.2) is 0 Å². The fraction of sp³-hybridized carbons (Fsp3) is 0.615. The summed E-state index contributed by atoms with van der Waals surface area (Å²) in [6.07, 6.45) is 3.62. The SMILES string of the molecule is CNC(c1cc(Br)cs1)C1CCC(C(=O)O)CC1. The van der Waals surface area contributed by atoms with Crippen LogP contribution in [0.4, 0.5) is 0 Å². The van der Waals surface area contributed by atoms with Crippen LogP contribution >= 0.6 is 27.3 Å². The second-order valence-electron chi connectivity index (χ2n) is 4.88. The van der Waals surface area contributed by atoms with E-state index >= 15 is 0 Å². The van der Waals surface area contributed by atoms with Crippen molar-refractivity contribution in [2.45, 2.75) is 31.7 Å². The third kappa shape index (κ3) is 3.13.